The molecule has 0 atom stereocenters. The van der Waals surface area contributed by atoms with Crippen molar-refractivity contribution in [3.05, 3.63) is 34.9 Å². The van der Waals surface area contributed by atoms with Gasteiger partial charge >= 0.3 is 0 Å². The first-order valence-corrected chi connectivity index (χ1v) is 5.56. The van der Waals surface area contributed by atoms with Crippen LogP contribution in [0.3, 0.4) is 0 Å². The van der Waals surface area contributed by atoms with Crippen LogP contribution in [0.2, 0.25) is 0 Å². The molecule has 0 bridgehead atoms. The van der Waals surface area contributed by atoms with Gasteiger partial charge in [-0.05, 0) is 52.0 Å². The Labute approximate surface area is 92.2 Å². The van der Waals surface area contributed by atoms with E-state index in [1.165, 1.54) is 0 Å². The van der Waals surface area contributed by atoms with E-state index in [-0.39, 0.29) is 0 Å². The Bertz CT molecular complexity index is 455. The molecule has 2 aromatic heterocycles. The summed E-state index contributed by atoms with van der Waals surface area (Å²) in [5.74, 6) is -2.38. The van der Waals surface area contributed by atoms with Crippen molar-refractivity contribution < 1.29 is 8.78 Å². The van der Waals surface area contributed by atoms with Crippen molar-refractivity contribution >= 4 is 33.2 Å². The lowest BCUT2D eigenvalue weighted by Crippen LogP contribution is -1.88. The molecule has 0 aliphatic carbocycles. The average molecular weight is 278 g/mol. The van der Waals surface area contributed by atoms with E-state index in [1.54, 1.807) is 16.7 Å². The molecule has 0 saturated heterocycles. The molecule has 74 valence electrons. The normalized spacial score (nSPS) is 11.4. The fraction of sp³-hybridized carbons (Fsp3) is 0.111. The highest BCUT2D eigenvalue weighted by Crippen LogP contribution is 2.29. The van der Waals surface area contributed by atoms with Gasteiger partial charge < -0.3 is 4.40 Å². The lowest BCUT2D eigenvalue weighted by atomic mass is 10.4. The Hall–Kier alpha value is -0.550. The van der Waals surface area contributed by atoms with Gasteiger partial charge in [0, 0.05) is 10.7 Å². The van der Waals surface area contributed by atoms with Crippen molar-refractivity contribution in [3.63, 3.8) is 0 Å². The number of alkyl halides is 2. The van der Waals surface area contributed by atoms with Crippen molar-refractivity contribution in [1.29, 1.82) is 0 Å². The van der Waals surface area contributed by atoms with Gasteiger partial charge in [0.25, 0.3) is 5.76 Å². The first-order chi connectivity index (χ1) is 6.68. The molecule has 0 saturated carbocycles. The van der Waals surface area contributed by atoms with Gasteiger partial charge in [0.2, 0.25) is 0 Å². The van der Waals surface area contributed by atoms with Gasteiger partial charge in [-0.3, -0.25) is 0 Å². The molecule has 2 aromatic rings. The van der Waals surface area contributed by atoms with E-state index in [4.69, 9.17) is 0 Å². The van der Waals surface area contributed by atoms with E-state index in [0.29, 0.717) is 16.8 Å². The molecule has 0 aliphatic rings. The highest BCUT2D eigenvalue weighted by molar-refractivity contribution is 9.10. The standard InChI is InChI=1S/C9H6BrF2NS/c10-6-2-1-5-13-7(6)3-4-8(13)14-9(11)12/h1-5,9H. The molecule has 0 spiro atoms. The molecule has 0 aromatic carbocycles. The maximum absolute atomic E-state index is 12.2. The van der Waals surface area contributed by atoms with Crippen molar-refractivity contribution in [1.82, 2.24) is 4.40 Å². The SMILES string of the molecule is FC(F)Sc1ccc2c(Br)cccn12. The lowest BCUT2D eigenvalue weighted by molar-refractivity contribution is 0.252. The first-order valence-electron chi connectivity index (χ1n) is 3.89. The minimum atomic E-state index is -2.38. The molecule has 2 heterocycles. The van der Waals surface area contributed by atoms with Gasteiger partial charge in [-0.15, -0.1) is 0 Å². The molecule has 14 heavy (non-hydrogen) atoms. The third-order valence-corrected chi connectivity index (χ3v) is 3.24. The third kappa shape index (κ3) is 1.79. The van der Waals surface area contributed by atoms with E-state index >= 15 is 0 Å². The van der Waals surface area contributed by atoms with E-state index in [2.05, 4.69) is 15.9 Å². The minimum absolute atomic E-state index is 0.552. The number of hydrogen-bond acceptors (Lipinski definition) is 1. The van der Waals surface area contributed by atoms with Crippen LogP contribution >= 0.6 is 27.7 Å². The second-order valence-corrected chi connectivity index (χ2v) is 4.53. The van der Waals surface area contributed by atoms with E-state index in [0.717, 1.165) is 9.99 Å². The summed E-state index contributed by atoms with van der Waals surface area (Å²) in [6.45, 7) is 0. The number of aromatic nitrogens is 1. The monoisotopic (exact) mass is 277 g/mol. The van der Waals surface area contributed by atoms with Crippen molar-refractivity contribution in [3.8, 4) is 0 Å². The van der Waals surface area contributed by atoms with Crippen molar-refractivity contribution in [2.75, 3.05) is 0 Å². The quantitative estimate of drug-likeness (QED) is 0.751. The number of halogens is 3. The smallest absolute Gasteiger partial charge is 0.290 e. The van der Waals surface area contributed by atoms with Crippen LogP contribution in [-0.4, -0.2) is 10.2 Å². The number of thioether (sulfide) groups is 1. The Morgan fingerprint density at radius 1 is 1.29 bits per heavy atom. The van der Waals surface area contributed by atoms with E-state index in [1.807, 2.05) is 18.2 Å². The number of hydrogen-bond donors (Lipinski definition) is 0. The van der Waals surface area contributed by atoms with Gasteiger partial charge in [-0.2, -0.15) is 8.78 Å². The number of nitrogens with zero attached hydrogens (tertiary/aromatic N) is 1. The fourth-order valence-corrected chi connectivity index (χ4v) is 2.34. The molecule has 0 N–H and O–H groups in total. The highest BCUT2D eigenvalue weighted by atomic mass is 79.9. The summed E-state index contributed by atoms with van der Waals surface area (Å²) in [5, 5.41) is 0.552. The summed E-state index contributed by atoms with van der Waals surface area (Å²) >= 11 is 3.91. The number of fused-ring (bicyclic) bond motifs is 1. The number of rotatable bonds is 2. The molecule has 0 amide bonds. The van der Waals surface area contributed by atoms with E-state index in [9.17, 15) is 8.78 Å². The fourth-order valence-electron chi connectivity index (χ4n) is 1.26. The van der Waals surface area contributed by atoms with Crippen LogP contribution in [0.1, 0.15) is 0 Å². The summed E-state index contributed by atoms with van der Waals surface area (Å²) < 4.78 is 27.0. The lowest BCUT2D eigenvalue weighted by Gasteiger charge is -2.02. The molecule has 2 rings (SSSR count). The topological polar surface area (TPSA) is 4.41 Å². The molecular formula is C9H6BrF2NS. The molecule has 0 fully saturated rings. The Morgan fingerprint density at radius 2 is 2.07 bits per heavy atom. The zero-order valence-electron chi connectivity index (χ0n) is 6.95. The van der Waals surface area contributed by atoms with Gasteiger partial charge in [0.05, 0.1) is 10.5 Å². The van der Waals surface area contributed by atoms with Gasteiger partial charge in [-0.1, -0.05) is 0 Å². The Morgan fingerprint density at radius 3 is 2.79 bits per heavy atom. The largest absolute Gasteiger partial charge is 0.310 e. The number of pyridine rings is 1. The maximum atomic E-state index is 12.2. The van der Waals surface area contributed by atoms with Crippen LogP contribution in [0.5, 0.6) is 0 Å². The summed E-state index contributed by atoms with van der Waals surface area (Å²) in [5.41, 5.74) is 0.899. The predicted octanol–water partition coefficient (Wildman–Crippen LogP) is 4.02. The predicted molar refractivity (Wildman–Crippen MR) is 57.0 cm³/mol. The van der Waals surface area contributed by atoms with Crippen LogP contribution in [0, 0.1) is 0 Å². The third-order valence-electron chi connectivity index (χ3n) is 1.81. The second-order valence-electron chi connectivity index (χ2n) is 2.66. The highest BCUT2D eigenvalue weighted by Gasteiger charge is 2.09. The van der Waals surface area contributed by atoms with Gasteiger partial charge in [0.15, 0.2) is 0 Å². The summed E-state index contributed by atoms with van der Waals surface area (Å²) in [7, 11) is 0. The average Bonchev–Trinajstić information content (AvgIpc) is 2.49. The summed E-state index contributed by atoms with van der Waals surface area (Å²) in [6.07, 6.45) is 1.77. The van der Waals surface area contributed by atoms with Gasteiger partial charge in [-0.25, -0.2) is 0 Å². The second kappa shape index (κ2) is 3.90. The first kappa shape index (κ1) is 9.98. The molecule has 5 heteroatoms. The van der Waals surface area contributed by atoms with Crippen molar-refractivity contribution in [2.24, 2.45) is 0 Å². The van der Waals surface area contributed by atoms with E-state index < -0.39 is 5.76 Å². The zero-order chi connectivity index (χ0) is 10.1. The van der Waals surface area contributed by atoms with Crippen LogP contribution in [0.25, 0.3) is 5.52 Å². The molecule has 0 radical (unpaired) electrons. The molecule has 0 aliphatic heterocycles. The molecular weight excluding hydrogens is 272 g/mol. The van der Waals surface area contributed by atoms with Crippen LogP contribution in [0.4, 0.5) is 8.78 Å². The minimum Gasteiger partial charge on any atom is -0.310 e. The molecule has 1 nitrogen and oxygen atoms in total. The van der Waals surface area contributed by atoms with Crippen LogP contribution in [-0.2, 0) is 0 Å². The zero-order valence-corrected chi connectivity index (χ0v) is 9.36. The van der Waals surface area contributed by atoms with Crippen molar-refractivity contribution in [2.45, 2.75) is 10.8 Å². The van der Waals surface area contributed by atoms with Crippen LogP contribution < -0.4 is 0 Å². The summed E-state index contributed by atoms with van der Waals surface area (Å²) in [6, 6.07) is 7.20. The van der Waals surface area contributed by atoms with Gasteiger partial charge in [0.1, 0.15) is 0 Å². The Balaban J connectivity index is 2.52. The molecule has 0 unspecified atom stereocenters. The van der Waals surface area contributed by atoms with Crippen LogP contribution in [0.15, 0.2) is 40.0 Å². The maximum Gasteiger partial charge on any atom is 0.290 e. The summed E-state index contributed by atoms with van der Waals surface area (Å²) in [4.78, 5) is 0. The Kier molecular flexibility index (Phi) is 2.78.